The molecule has 0 radical (unpaired) electrons. The Bertz CT molecular complexity index is 317. The third kappa shape index (κ3) is 3.31. The van der Waals surface area contributed by atoms with E-state index in [1.165, 1.54) is 19.3 Å². The van der Waals surface area contributed by atoms with E-state index in [0.717, 1.165) is 18.7 Å². The van der Waals surface area contributed by atoms with Crippen LogP contribution in [0.25, 0.3) is 0 Å². The van der Waals surface area contributed by atoms with Crippen molar-refractivity contribution in [3.63, 3.8) is 0 Å². The molecule has 0 atom stereocenters. The van der Waals surface area contributed by atoms with Crippen LogP contribution in [0.15, 0.2) is 23.5 Å². The molecule has 3 N–H and O–H groups in total. The van der Waals surface area contributed by atoms with Gasteiger partial charge in [-0.3, -0.25) is 0 Å². The van der Waals surface area contributed by atoms with Crippen LogP contribution >= 0.6 is 0 Å². The molecule has 0 aliphatic carbocycles. The number of aryl methyl sites for hydroxylation is 1. The second-order valence-electron chi connectivity index (χ2n) is 3.63. The van der Waals surface area contributed by atoms with Gasteiger partial charge in [-0.2, -0.15) is 0 Å². The Labute approximate surface area is 90.4 Å². The Kier molecular flexibility index (Phi) is 4.74. The van der Waals surface area contributed by atoms with E-state index in [0.29, 0.717) is 0 Å². The molecule has 1 rings (SSSR count). The first kappa shape index (κ1) is 11.6. The summed E-state index contributed by atoms with van der Waals surface area (Å²) in [4.78, 5) is 0. The van der Waals surface area contributed by atoms with Gasteiger partial charge >= 0.3 is 0 Å². The molecule has 15 heavy (non-hydrogen) atoms. The first-order chi connectivity index (χ1) is 7.29. The van der Waals surface area contributed by atoms with Gasteiger partial charge in [0.05, 0.1) is 5.69 Å². The lowest BCUT2D eigenvalue weighted by Crippen LogP contribution is -2.18. The van der Waals surface area contributed by atoms with Gasteiger partial charge in [0.1, 0.15) is 0 Å². The summed E-state index contributed by atoms with van der Waals surface area (Å²) in [6.07, 6.45) is 6.82. The highest BCUT2D eigenvalue weighted by molar-refractivity contribution is 5.95. The summed E-state index contributed by atoms with van der Waals surface area (Å²) in [5.74, 6) is 0.176. The Morgan fingerprint density at radius 2 is 2.27 bits per heavy atom. The van der Waals surface area contributed by atoms with E-state index in [2.05, 4.69) is 12.1 Å². The zero-order valence-corrected chi connectivity index (χ0v) is 9.19. The molecule has 0 spiro atoms. The van der Waals surface area contributed by atoms with Gasteiger partial charge in [0.15, 0.2) is 5.84 Å². The zero-order chi connectivity index (χ0) is 11.1. The van der Waals surface area contributed by atoms with Crippen LogP contribution in [0.2, 0.25) is 0 Å². The number of nitrogens with two attached hydrogens (primary N) is 1. The minimum absolute atomic E-state index is 0.176. The lowest BCUT2D eigenvalue weighted by molar-refractivity contribution is 0.318. The van der Waals surface area contributed by atoms with Crippen LogP contribution in [-0.2, 0) is 6.54 Å². The molecule has 0 aliphatic heterocycles. The summed E-state index contributed by atoms with van der Waals surface area (Å²) < 4.78 is 2.02. The third-order valence-electron chi connectivity index (χ3n) is 2.45. The van der Waals surface area contributed by atoms with Crippen molar-refractivity contribution in [2.75, 3.05) is 0 Å². The van der Waals surface area contributed by atoms with E-state index in [9.17, 15) is 0 Å². The summed E-state index contributed by atoms with van der Waals surface area (Å²) >= 11 is 0. The molecule has 4 heteroatoms. The van der Waals surface area contributed by atoms with Crippen LogP contribution in [0, 0.1) is 0 Å². The van der Waals surface area contributed by atoms with Crippen LogP contribution in [0.4, 0.5) is 0 Å². The van der Waals surface area contributed by atoms with Crippen molar-refractivity contribution in [1.29, 1.82) is 0 Å². The zero-order valence-electron chi connectivity index (χ0n) is 9.19. The Balaban J connectivity index is 2.50. The standard InChI is InChI=1S/C11H19N3O/c1-2-3-4-5-8-14-9-6-7-10(14)11(12)13-15/h6-7,9,15H,2-5,8H2,1H3,(H2,12,13). The van der Waals surface area contributed by atoms with Crippen LogP contribution in [-0.4, -0.2) is 15.6 Å². The van der Waals surface area contributed by atoms with Crippen molar-refractivity contribution in [2.24, 2.45) is 10.9 Å². The monoisotopic (exact) mass is 209 g/mol. The molecule has 1 aromatic heterocycles. The number of amidine groups is 1. The summed E-state index contributed by atoms with van der Waals surface area (Å²) in [5, 5.41) is 11.6. The molecule has 84 valence electrons. The minimum Gasteiger partial charge on any atom is -0.409 e. The molecule has 0 fully saturated rings. The van der Waals surface area contributed by atoms with Gasteiger partial charge in [-0.05, 0) is 18.6 Å². The maximum Gasteiger partial charge on any atom is 0.186 e. The lowest BCUT2D eigenvalue weighted by Gasteiger charge is -2.07. The fourth-order valence-corrected chi connectivity index (χ4v) is 1.60. The second-order valence-corrected chi connectivity index (χ2v) is 3.63. The molecule has 0 unspecified atom stereocenters. The normalized spacial score (nSPS) is 11.9. The fourth-order valence-electron chi connectivity index (χ4n) is 1.60. The van der Waals surface area contributed by atoms with E-state index in [-0.39, 0.29) is 5.84 Å². The summed E-state index contributed by atoms with van der Waals surface area (Å²) in [6.45, 7) is 3.12. The quantitative estimate of drug-likeness (QED) is 0.248. The van der Waals surface area contributed by atoms with E-state index >= 15 is 0 Å². The van der Waals surface area contributed by atoms with Gasteiger partial charge in [-0.25, -0.2) is 0 Å². The molecule has 0 aliphatic rings. The highest BCUT2D eigenvalue weighted by atomic mass is 16.4. The highest BCUT2D eigenvalue weighted by Crippen LogP contribution is 2.06. The highest BCUT2D eigenvalue weighted by Gasteiger charge is 2.04. The predicted octanol–water partition coefficient (Wildman–Crippen LogP) is 2.16. The van der Waals surface area contributed by atoms with Gasteiger partial charge in [0.25, 0.3) is 0 Å². The summed E-state index contributed by atoms with van der Waals surface area (Å²) in [7, 11) is 0. The second kappa shape index (κ2) is 6.11. The Morgan fingerprint density at radius 3 is 2.93 bits per heavy atom. The smallest absolute Gasteiger partial charge is 0.186 e. The number of oxime groups is 1. The van der Waals surface area contributed by atoms with Gasteiger partial charge in [0.2, 0.25) is 0 Å². The molecular formula is C11H19N3O. The SMILES string of the molecule is CCCCCCn1cccc1/C(N)=N/O. The van der Waals surface area contributed by atoms with Gasteiger partial charge in [-0.15, -0.1) is 0 Å². The van der Waals surface area contributed by atoms with Crippen molar-refractivity contribution in [3.8, 4) is 0 Å². The minimum atomic E-state index is 0.176. The summed E-state index contributed by atoms with van der Waals surface area (Å²) in [6, 6.07) is 3.77. The number of nitrogens with zero attached hydrogens (tertiary/aromatic N) is 2. The van der Waals surface area contributed by atoms with Crippen LogP contribution in [0.1, 0.15) is 38.3 Å². The van der Waals surface area contributed by atoms with Crippen molar-refractivity contribution < 1.29 is 5.21 Å². The first-order valence-electron chi connectivity index (χ1n) is 5.42. The van der Waals surface area contributed by atoms with Crippen LogP contribution in [0.3, 0.4) is 0 Å². The van der Waals surface area contributed by atoms with E-state index < -0.39 is 0 Å². The number of hydrogen-bond acceptors (Lipinski definition) is 2. The largest absolute Gasteiger partial charge is 0.409 e. The van der Waals surface area contributed by atoms with Gasteiger partial charge in [0, 0.05) is 12.7 Å². The van der Waals surface area contributed by atoms with Crippen LogP contribution in [0.5, 0.6) is 0 Å². The van der Waals surface area contributed by atoms with Gasteiger partial charge < -0.3 is 15.5 Å². The van der Waals surface area contributed by atoms with E-state index in [4.69, 9.17) is 10.9 Å². The van der Waals surface area contributed by atoms with E-state index in [1.807, 2.05) is 22.9 Å². The average Bonchev–Trinajstić information content (AvgIpc) is 2.71. The maximum absolute atomic E-state index is 8.59. The molecule has 0 saturated carbocycles. The number of unbranched alkanes of at least 4 members (excludes halogenated alkanes) is 3. The predicted molar refractivity (Wildman–Crippen MR) is 61.1 cm³/mol. The van der Waals surface area contributed by atoms with Crippen molar-refractivity contribution in [2.45, 2.75) is 39.2 Å². The van der Waals surface area contributed by atoms with Gasteiger partial charge in [-0.1, -0.05) is 31.3 Å². The topological polar surface area (TPSA) is 63.5 Å². The molecule has 0 amide bonds. The molecule has 4 nitrogen and oxygen atoms in total. The molecule has 0 saturated heterocycles. The van der Waals surface area contributed by atoms with E-state index in [1.54, 1.807) is 0 Å². The molecule has 1 aromatic rings. The molecule has 0 aromatic carbocycles. The van der Waals surface area contributed by atoms with Crippen molar-refractivity contribution >= 4 is 5.84 Å². The Hall–Kier alpha value is -1.45. The van der Waals surface area contributed by atoms with Crippen molar-refractivity contribution in [1.82, 2.24) is 4.57 Å². The van der Waals surface area contributed by atoms with Crippen LogP contribution < -0.4 is 5.73 Å². The Morgan fingerprint density at radius 1 is 1.47 bits per heavy atom. The third-order valence-corrected chi connectivity index (χ3v) is 2.45. The fraction of sp³-hybridized carbons (Fsp3) is 0.545. The molecule has 1 heterocycles. The number of hydrogen-bond donors (Lipinski definition) is 2. The first-order valence-corrected chi connectivity index (χ1v) is 5.42. The molecule has 0 bridgehead atoms. The average molecular weight is 209 g/mol. The molecular weight excluding hydrogens is 190 g/mol. The maximum atomic E-state index is 8.59. The summed E-state index contributed by atoms with van der Waals surface area (Å²) in [5.41, 5.74) is 6.34. The number of rotatable bonds is 6. The number of aromatic nitrogens is 1. The lowest BCUT2D eigenvalue weighted by atomic mass is 10.2. The van der Waals surface area contributed by atoms with Crippen molar-refractivity contribution in [3.05, 3.63) is 24.0 Å².